The van der Waals surface area contributed by atoms with Gasteiger partial charge in [0, 0.05) is 42.1 Å². The van der Waals surface area contributed by atoms with Gasteiger partial charge >= 0.3 is 0 Å². The van der Waals surface area contributed by atoms with Crippen molar-refractivity contribution in [3.63, 3.8) is 0 Å². The van der Waals surface area contributed by atoms with Crippen LogP contribution in [-0.4, -0.2) is 42.3 Å². The van der Waals surface area contributed by atoms with Gasteiger partial charge in [-0.15, -0.1) is 0 Å². The van der Waals surface area contributed by atoms with E-state index in [0.29, 0.717) is 36.4 Å². The Morgan fingerprint density at radius 2 is 1.47 bits per heavy atom. The molecule has 7 heteroatoms. The SMILES string of the molecule is CCC(=O)Nc1cc(NC(=O)CNc2ccc(C(=O)N(CC)CC)cc2)ccc1C. The summed E-state index contributed by atoms with van der Waals surface area (Å²) >= 11 is 0. The Morgan fingerprint density at radius 1 is 0.833 bits per heavy atom. The van der Waals surface area contributed by atoms with E-state index in [-0.39, 0.29) is 24.3 Å². The molecule has 0 unspecified atom stereocenters. The lowest BCUT2D eigenvalue weighted by atomic mass is 10.1. The van der Waals surface area contributed by atoms with Gasteiger partial charge in [0.25, 0.3) is 5.91 Å². The van der Waals surface area contributed by atoms with Crippen molar-refractivity contribution < 1.29 is 14.4 Å². The Morgan fingerprint density at radius 3 is 2.07 bits per heavy atom. The van der Waals surface area contributed by atoms with E-state index in [1.165, 1.54) is 0 Å². The fourth-order valence-electron chi connectivity index (χ4n) is 2.88. The first-order valence-corrected chi connectivity index (χ1v) is 10.2. The molecule has 160 valence electrons. The van der Waals surface area contributed by atoms with Crippen LogP contribution in [0.5, 0.6) is 0 Å². The molecule has 3 N–H and O–H groups in total. The maximum Gasteiger partial charge on any atom is 0.253 e. The van der Waals surface area contributed by atoms with Crippen LogP contribution in [0.3, 0.4) is 0 Å². The Hall–Kier alpha value is -3.35. The molecule has 0 saturated carbocycles. The summed E-state index contributed by atoms with van der Waals surface area (Å²) in [7, 11) is 0. The number of carbonyl (C=O) groups is 3. The van der Waals surface area contributed by atoms with E-state index in [2.05, 4.69) is 16.0 Å². The van der Waals surface area contributed by atoms with Crippen LogP contribution >= 0.6 is 0 Å². The summed E-state index contributed by atoms with van der Waals surface area (Å²) in [5, 5.41) is 8.69. The average Bonchev–Trinajstić information content (AvgIpc) is 2.75. The standard InChI is InChI=1S/C23H30N4O3/c1-5-21(28)26-20-14-19(11-8-16(20)4)25-22(29)15-24-18-12-9-17(10-13-18)23(30)27(6-2)7-3/h8-14,24H,5-7,15H2,1-4H3,(H,25,29)(H,26,28). The summed E-state index contributed by atoms with van der Waals surface area (Å²) in [5.41, 5.74) is 3.59. The highest BCUT2D eigenvalue weighted by molar-refractivity contribution is 5.97. The lowest BCUT2D eigenvalue weighted by Gasteiger charge is -2.18. The van der Waals surface area contributed by atoms with Crippen LogP contribution in [0.1, 0.15) is 43.1 Å². The maximum absolute atomic E-state index is 12.3. The zero-order valence-electron chi connectivity index (χ0n) is 18.0. The Balaban J connectivity index is 1.92. The number of nitrogens with one attached hydrogen (secondary N) is 3. The fraction of sp³-hybridized carbons (Fsp3) is 0.348. The van der Waals surface area contributed by atoms with Crippen molar-refractivity contribution >= 4 is 34.8 Å². The molecule has 0 saturated heterocycles. The predicted octanol–water partition coefficient (Wildman–Crippen LogP) is 3.88. The van der Waals surface area contributed by atoms with Crippen molar-refractivity contribution in [3.05, 3.63) is 53.6 Å². The van der Waals surface area contributed by atoms with Crippen LogP contribution in [0.4, 0.5) is 17.1 Å². The van der Waals surface area contributed by atoms with Crippen molar-refractivity contribution in [1.82, 2.24) is 4.90 Å². The van der Waals surface area contributed by atoms with E-state index < -0.39 is 0 Å². The summed E-state index contributed by atoms with van der Waals surface area (Å²) in [5.74, 6) is -0.296. The quantitative estimate of drug-likeness (QED) is 0.585. The summed E-state index contributed by atoms with van der Waals surface area (Å²) in [4.78, 5) is 38.0. The number of carbonyl (C=O) groups excluding carboxylic acids is 3. The molecule has 0 radical (unpaired) electrons. The first-order chi connectivity index (χ1) is 14.4. The van der Waals surface area contributed by atoms with Gasteiger partial charge < -0.3 is 20.9 Å². The highest BCUT2D eigenvalue weighted by atomic mass is 16.2. The van der Waals surface area contributed by atoms with Gasteiger partial charge in [-0.2, -0.15) is 0 Å². The van der Waals surface area contributed by atoms with Gasteiger partial charge in [-0.1, -0.05) is 13.0 Å². The lowest BCUT2D eigenvalue weighted by Crippen LogP contribution is -2.30. The molecule has 2 aromatic carbocycles. The van der Waals surface area contributed by atoms with Crippen LogP contribution in [0.2, 0.25) is 0 Å². The second-order valence-electron chi connectivity index (χ2n) is 6.89. The molecular weight excluding hydrogens is 380 g/mol. The third kappa shape index (κ3) is 6.34. The third-order valence-corrected chi connectivity index (χ3v) is 4.75. The molecule has 0 atom stereocenters. The minimum atomic E-state index is -0.213. The molecule has 7 nitrogen and oxygen atoms in total. The molecule has 3 amide bonds. The van der Waals surface area contributed by atoms with Gasteiger partial charge in [-0.05, 0) is 62.7 Å². The molecule has 0 heterocycles. The number of amides is 3. The van der Waals surface area contributed by atoms with Gasteiger partial charge in [-0.25, -0.2) is 0 Å². The lowest BCUT2D eigenvalue weighted by molar-refractivity contribution is -0.116. The number of hydrogen-bond donors (Lipinski definition) is 3. The fourth-order valence-corrected chi connectivity index (χ4v) is 2.88. The highest BCUT2D eigenvalue weighted by Crippen LogP contribution is 2.20. The van der Waals surface area contributed by atoms with Crippen LogP contribution in [0.25, 0.3) is 0 Å². The largest absolute Gasteiger partial charge is 0.376 e. The van der Waals surface area contributed by atoms with E-state index in [1.807, 2.05) is 26.8 Å². The molecule has 0 aliphatic heterocycles. The molecule has 2 aromatic rings. The van der Waals surface area contributed by atoms with Crippen molar-refractivity contribution in [2.75, 3.05) is 35.6 Å². The molecule has 0 spiro atoms. The van der Waals surface area contributed by atoms with Crippen molar-refractivity contribution in [2.45, 2.75) is 34.1 Å². The van der Waals surface area contributed by atoms with Gasteiger partial charge in [0.2, 0.25) is 11.8 Å². The smallest absolute Gasteiger partial charge is 0.253 e. The normalized spacial score (nSPS) is 10.3. The van der Waals surface area contributed by atoms with E-state index >= 15 is 0 Å². The topological polar surface area (TPSA) is 90.5 Å². The van der Waals surface area contributed by atoms with Gasteiger partial charge in [0.05, 0.1) is 6.54 Å². The minimum Gasteiger partial charge on any atom is -0.376 e. The summed E-state index contributed by atoms with van der Waals surface area (Å²) in [6.07, 6.45) is 0.388. The molecular formula is C23H30N4O3. The number of anilines is 3. The first kappa shape index (κ1) is 22.9. The number of rotatable bonds is 9. The monoisotopic (exact) mass is 410 g/mol. The van der Waals surface area contributed by atoms with Gasteiger partial charge in [0.1, 0.15) is 0 Å². The Kier molecular flexibility index (Phi) is 8.41. The minimum absolute atomic E-state index is 0.00497. The highest BCUT2D eigenvalue weighted by Gasteiger charge is 2.12. The number of nitrogens with zero attached hydrogens (tertiary/aromatic N) is 1. The zero-order valence-corrected chi connectivity index (χ0v) is 18.0. The van der Waals surface area contributed by atoms with Crippen molar-refractivity contribution in [2.24, 2.45) is 0 Å². The molecule has 0 aliphatic carbocycles. The van der Waals surface area contributed by atoms with E-state index in [0.717, 1.165) is 11.3 Å². The van der Waals surface area contributed by atoms with Crippen LogP contribution in [0.15, 0.2) is 42.5 Å². The first-order valence-electron chi connectivity index (χ1n) is 10.2. The number of aryl methyl sites for hydroxylation is 1. The van der Waals surface area contributed by atoms with E-state index in [4.69, 9.17) is 0 Å². The van der Waals surface area contributed by atoms with E-state index in [1.54, 1.807) is 48.2 Å². The number of hydrogen-bond acceptors (Lipinski definition) is 4. The molecule has 0 bridgehead atoms. The van der Waals surface area contributed by atoms with Crippen LogP contribution < -0.4 is 16.0 Å². The maximum atomic E-state index is 12.3. The predicted molar refractivity (Wildman–Crippen MR) is 121 cm³/mol. The van der Waals surface area contributed by atoms with Crippen LogP contribution in [-0.2, 0) is 9.59 Å². The van der Waals surface area contributed by atoms with Crippen LogP contribution in [0, 0.1) is 6.92 Å². The summed E-state index contributed by atoms with van der Waals surface area (Å²) < 4.78 is 0. The Labute approximate surface area is 177 Å². The molecule has 0 aliphatic rings. The summed E-state index contributed by atoms with van der Waals surface area (Å²) in [6.45, 7) is 8.99. The summed E-state index contributed by atoms with van der Waals surface area (Å²) in [6, 6.07) is 12.5. The van der Waals surface area contributed by atoms with Gasteiger partial charge in [0.15, 0.2) is 0 Å². The number of benzene rings is 2. The second kappa shape index (κ2) is 11.0. The second-order valence-corrected chi connectivity index (χ2v) is 6.89. The third-order valence-electron chi connectivity index (χ3n) is 4.75. The molecule has 30 heavy (non-hydrogen) atoms. The van der Waals surface area contributed by atoms with Crippen molar-refractivity contribution in [3.8, 4) is 0 Å². The molecule has 0 aromatic heterocycles. The zero-order chi connectivity index (χ0) is 22.1. The molecule has 2 rings (SSSR count). The Bertz CT molecular complexity index is 890. The average molecular weight is 411 g/mol. The van der Waals surface area contributed by atoms with E-state index in [9.17, 15) is 14.4 Å². The molecule has 0 fully saturated rings. The van der Waals surface area contributed by atoms with Crippen molar-refractivity contribution in [1.29, 1.82) is 0 Å². The van der Waals surface area contributed by atoms with Gasteiger partial charge in [-0.3, -0.25) is 14.4 Å².